The molecule has 1 atom stereocenters. The Hall–Kier alpha value is -1.03. The Morgan fingerprint density at radius 3 is 2.50 bits per heavy atom. The first-order valence-electron chi connectivity index (χ1n) is 6.32. The number of hydrogen-bond donors (Lipinski definition) is 1. The molecule has 2 aromatic carbocycles. The van der Waals surface area contributed by atoms with Crippen molar-refractivity contribution in [3.05, 3.63) is 63.9 Å². The van der Waals surface area contributed by atoms with Gasteiger partial charge in [-0.25, -0.2) is 4.39 Å². The third-order valence-corrected chi connectivity index (χ3v) is 4.44. The number of thioether (sulfide) groups is 1. The van der Waals surface area contributed by atoms with Crippen molar-refractivity contribution >= 4 is 23.4 Å². The molecule has 0 heterocycles. The second-order valence-electron chi connectivity index (χ2n) is 4.73. The third kappa shape index (κ3) is 3.75. The molecule has 1 N–H and O–H groups in total. The Kier molecular flexibility index (Phi) is 5.08. The van der Waals surface area contributed by atoms with Gasteiger partial charge in [-0.2, -0.15) is 0 Å². The molecule has 0 aromatic heterocycles. The maximum absolute atomic E-state index is 13.6. The fourth-order valence-electron chi connectivity index (χ4n) is 1.86. The van der Waals surface area contributed by atoms with E-state index in [2.05, 4.69) is 0 Å². The lowest BCUT2D eigenvalue weighted by Crippen LogP contribution is -1.97. The van der Waals surface area contributed by atoms with E-state index in [1.165, 1.54) is 6.07 Å². The number of rotatable bonds is 4. The maximum atomic E-state index is 13.6. The number of aliphatic hydroxyl groups is 1. The van der Waals surface area contributed by atoms with E-state index in [9.17, 15) is 9.50 Å². The predicted molar refractivity (Wildman–Crippen MR) is 82.8 cm³/mol. The standard InChI is InChI=1S/C16H16ClFOS/c1-10-7-16(14(11(2)19)8-15(10)18)20-9-12-3-5-13(17)6-4-12/h3-8,11,19H,9H2,1-2H3. The molecule has 20 heavy (non-hydrogen) atoms. The zero-order valence-electron chi connectivity index (χ0n) is 11.4. The summed E-state index contributed by atoms with van der Waals surface area (Å²) in [6.07, 6.45) is -0.683. The molecule has 0 radical (unpaired) electrons. The topological polar surface area (TPSA) is 20.2 Å². The lowest BCUT2D eigenvalue weighted by Gasteiger charge is -2.13. The Morgan fingerprint density at radius 2 is 1.90 bits per heavy atom. The molecule has 106 valence electrons. The highest BCUT2D eigenvalue weighted by Gasteiger charge is 2.12. The normalized spacial score (nSPS) is 12.4. The molecule has 0 aliphatic heterocycles. The van der Waals surface area contributed by atoms with Gasteiger partial charge in [-0.1, -0.05) is 23.7 Å². The number of hydrogen-bond acceptors (Lipinski definition) is 2. The molecule has 2 rings (SSSR count). The van der Waals surface area contributed by atoms with Crippen molar-refractivity contribution < 1.29 is 9.50 Å². The summed E-state index contributed by atoms with van der Waals surface area (Å²) >= 11 is 7.44. The number of halogens is 2. The first-order valence-corrected chi connectivity index (χ1v) is 7.69. The van der Waals surface area contributed by atoms with Gasteiger partial charge in [0.1, 0.15) is 5.82 Å². The zero-order valence-corrected chi connectivity index (χ0v) is 12.9. The second kappa shape index (κ2) is 6.61. The van der Waals surface area contributed by atoms with Crippen molar-refractivity contribution in [2.24, 2.45) is 0 Å². The largest absolute Gasteiger partial charge is 0.389 e. The van der Waals surface area contributed by atoms with E-state index in [-0.39, 0.29) is 5.82 Å². The molecule has 1 nitrogen and oxygen atoms in total. The number of benzene rings is 2. The maximum Gasteiger partial charge on any atom is 0.126 e. The summed E-state index contributed by atoms with van der Waals surface area (Å²) in [5.74, 6) is 0.471. The highest BCUT2D eigenvalue weighted by atomic mass is 35.5. The fourth-order valence-corrected chi connectivity index (χ4v) is 3.16. The van der Waals surface area contributed by atoms with E-state index in [4.69, 9.17) is 11.6 Å². The molecule has 0 amide bonds. The SMILES string of the molecule is Cc1cc(SCc2ccc(Cl)cc2)c(C(C)O)cc1F. The molecule has 0 aliphatic carbocycles. The van der Waals surface area contributed by atoms with Gasteiger partial charge in [0.25, 0.3) is 0 Å². The molecular weight excluding hydrogens is 295 g/mol. The van der Waals surface area contributed by atoms with Crippen LogP contribution in [0.2, 0.25) is 5.02 Å². The van der Waals surface area contributed by atoms with Crippen LogP contribution in [0.15, 0.2) is 41.3 Å². The summed E-state index contributed by atoms with van der Waals surface area (Å²) in [6, 6.07) is 10.8. The molecule has 0 saturated heterocycles. The van der Waals surface area contributed by atoms with Crippen molar-refractivity contribution in [2.45, 2.75) is 30.6 Å². The predicted octanol–water partition coefficient (Wildman–Crippen LogP) is 5.13. The van der Waals surface area contributed by atoms with Crippen LogP contribution in [0.5, 0.6) is 0 Å². The molecule has 0 saturated carbocycles. The Morgan fingerprint density at radius 1 is 1.25 bits per heavy atom. The van der Waals surface area contributed by atoms with Gasteiger partial charge in [0.2, 0.25) is 0 Å². The first-order chi connectivity index (χ1) is 9.47. The summed E-state index contributed by atoms with van der Waals surface area (Å²) in [7, 11) is 0. The molecule has 1 unspecified atom stereocenters. The lowest BCUT2D eigenvalue weighted by atomic mass is 10.1. The van der Waals surface area contributed by atoms with E-state index in [0.717, 1.165) is 16.2 Å². The van der Waals surface area contributed by atoms with Gasteiger partial charge >= 0.3 is 0 Å². The molecule has 0 spiro atoms. The van der Waals surface area contributed by atoms with Gasteiger partial charge in [-0.05, 0) is 54.8 Å². The van der Waals surface area contributed by atoms with Gasteiger partial charge in [0.05, 0.1) is 6.10 Å². The fraction of sp³-hybridized carbons (Fsp3) is 0.250. The Bertz CT molecular complexity index is 596. The Labute approximate surface area is 127 Å². The van der Waals surface area contributed by atoms with Crippen LogP contribution in [-0.4, -0.2) is 5.11 Å². The summed E-state index contributed by atoms with van der Waals surface area (Å²) in [5, 5.41) is 10.5. The third-order valence-electron chi connectivity index (χ3n) is 3.05. The van der Waals surface area contributed by atoms with Crippen LogP contribution < -0.4 is 0 Å². The van der Waals surface area contributed by atoms with Crippen molar-refractivity contribution in [1.29, 1.82) is 0 Å². The van der Waals surface area contributed by atoms with Gasteiger partial charge < -0.3 is 5.11 Å². The molecule has 0 fully saturated rings. The molecule has 0 aliphatic rings. The minimum absolute atomic E-state index is 0.281. The summed E-state index contributed by atoms with van der Waals surface area (Å²) in [5.41, 5.74) is 2.36. The van der Waals surface area contributed by atoms with Crippen molar-refractivity contribution in [1.82, 2.24) is 0 Å². The summed E-state index contributed by atoms with van der Waals surface area (Å²) in [6.45, 7) is 3.38. The van der Waals surface area contributed by atoms with E-state index >= 15 is 0 Å². The summed E-state index contributed by atoms with van der Waals surface area (Å²) in [4.78, 5) is 0.911. The van der Waals surface area contributed by atoms with Crippen LogP contribution in [0.25, 0.3) is 0 Å². The van der Waals surface area contributed by atoms with Crippen molar-refractivity contribution in [3.63, 3.8) is 0 Å². The van der Waals surface area contributed by atoms with Gasteiger partial charge in [0.15, 0.2) is 0 Å². The number of aliphatic hydroxyl groups excluding tert-OH is 1. The van der Waals surface area contributed by atoms with Crippen molar-refractivity contribution in [2.75, 3.05) is 0 Å². The van der Waals surface area contributed by atoms with Crippen molar-refractivity contribution in [3.8, 4) is 0 Å². The Balaban J connectivity index is 2.20. The quantitative estimate of drug-likeness (QED) is 0.790. The lowest BCUT2D eigenvalue weighted by molar-refractivity contribution is 0.196. The van der Waals surface area contributed by atoms with E-state index in [0.29, 0.717) is 16.1 Å². The second-order valence-corrected chi connectivity index (χ2v) is 6.18. The average molecular weight is 311 g/mol. The highest BCUT2D eigenvalue weighted by Crippen LogP contribution is 2.32. The van der Waals surface area contributed by atoms with Crippen LogP contribution in [0.1, 0.15) is 29.7 Å². The first kappa shape index (κ1) is 15.4. The van der Waals surface area contributed by atoms with Gasteiger partial charge in [0, 0.05) is 15.7 Å². The molecule has 4 heteroatoms. The van der Waals surface area contributed by atoms with Crippen LogP contribution in [0.4, 0.5) is 4.39 Å². The van der Waals surface area contributed by atoms with Gasteiger partial charge in [-0.15, -0.1) is 11.8 Å². The summed E-state index contributed by atoms with van der Waals surface area (Å²) < 4.78 is 13.6. The van der Waals surface area contributed by atoms with Crippen LogP contribution >= 0.6 is 23.4 Å². The monoisotopic (exact) mass is 310 g/mol. The van der Waals surface area contributed by atoms with E-state index in [1.807, 2.05) is 24.3 Å². The molecular formula is C16H16ClFOS. The van der Waals surface area contributed by atoms with Crippen LogP contribution in [0, 0.1) is 12.7 Å². The minimum Gasteiger partial charge on any atom is -0.389 e. The highest BCUT2D eigenvalue weighted by molar-refractivity contribution is 7.98. The molecule has 0 bridgehead atoms. The molecule has 2 aromatic rings. The van der Waals surface area contributed by atoms with E-state index in [1.54, 1.807) is 31.7 Å². The van der Waals surface area contributed by atoms with E-state index < -0.39 is 6.10 Å². The van der Waals surface area contributed by atoms with Gasteiger partial charge in [-0.3, -0.25) is 0 Å². The smallest absolute Gasteiger partial charge is 0.126 e. The number of aryl methyl sites for hydroxylation is 1. The van der Waals surface area contributed by atoms with Crippen LogP contribution in [-0.2, 0) is 5.75 Å². The zero-order chi connectivity index (χ0) is 14.7. The minimum atomic E-state index is -0.683. The van der Waals surface area contributed by atoms with Crippen LogP contribution in [0.3, 0.4) is 0 Å². The average Bonchev–Trinajstić information content (AvgIpc) is 2.41.